The molecule has 0 atom stereocenters. The van der Waals surface area contributed by atoms with Crippen molar-refractivity contribution in [1.82, 2.24) is 9.66 Å². The lowest BCUT2D eigenvalue weighted by Gasteiger charge is -2.16. The number of non-ortho nitro benzene ring substituents is 1. The molecular formula is C25H19Br2ClN4O5. The van der Waals surface area contributed by atoms with Crippen LogP contribution in [-0.2, 0) is 6.61 Å². The minimum absolute atomic E-state index is 0.00763. The number of fused-ring (bicyclic) bond motifs is 1. The number of nitro groups is 1. The van der Waals surface area contributed by atoms with Gasteiger partial charge < -0.3 is 9.47 Å². The molecule has 0 radical (unpaired) electrons. The predicted molar refractivity (Wildman–Crippen MR) is 149 cm³/mol. The highest BCUT2D eigenvalue weighted by atomic mass is 79.9. The number of benzene rings is 3. The minimum Gasteiger partial charge on any atom is -0.490 e. The molecule has 0 bridgehead atoms. The van der Waals surface area contributed by atoms with Crippen molar-refractivity contribution in [2.45, 2.75) is 20.5 Å². The quantitative estimate of drug-likeness (QED) is 0.120. The molecule has 4 rings (SSSR count). The van der Waals surface area contributed by atoms with Crippen LogP contribution in [0.25, 0.3) is 10.9 Å². The molecule has 190 valence electrons. The van der Waals surface area contributed by atoms with E-state index < -0.39 is 4.92 Å². The van der Waals surface area contributed by atoms with E-state index in [1.165, 1.54) is 23.0 Å². The lowest BCUT2D eigenvalue weighted by Crippen LogP contribution is -2.20. The van der Waals surface area contributed by atoms with Gasteiger partial charge in [0.2, 0.25) is 0 Å². The predicted octanol–water partition coefficient (Wildman–Crippen LogP) is 6.65. The standard InChI is InChI=1S/C25H19Br2ClN4O5/c1-3-36-21-10-16(12-29-31-14(2)30-20-9-6-17(26)11-19(20)25(31)33)22(27)23(28)24(21)37-13-15-4-7-18(8-5-15)32(34)35/h4-12H,3,13H2,1-2H3. The summed E-state index contributed by atoms with van der Waals surface area (Å²) in [6, 6.07) is 13.0. The van der Waals surface area contributed by atoms with E-state index in [1.807, 2.05) is 13.0 Å². The fourth-order valence-corrected chi connectivity index (χ4v) is 4.50. The van der Waals surface area contributed by atoms with Gasteiger partial charge in [-0.1, -0.05) is 27.5 Å². The van der Waals surface area contributed by atoms with Gasteiger partial charge in [0.25, 0.3) is 11.2 Å². The van der Waals surface area contributed by atoms with Crippen LogP contribution >= 0.6 is 43.5 Å². The molecule has 0 saturated heterocycles. The third kappa shape index (κ3) is 5.84. The average Bonchev–Trinajstić information content (AvgIpc) is 2.87. The van der Waals surface area contributed by atoms with Crippen LogP contribution in [0.15, 0.2) is 67.4 Å². The van der Waals surface area contributed by atoms with Crippen LogP contribution in [0.1, 0.15) is 23.9 Å². The number of nitro benzene ring substituents is 1. The van der Waals surface area contributed by atoms with Crippen molar-refractivity contribution >= 4 is 66.3 Å². The molecule has 0 fully saturated rings. The topological polar surface area (TPSA) is 109 Å². The van der Waals surface area contributed by atoms with Crippen molar-refractivity contribution in [3.63, 3.8) is 0 Å². The highest BCUT2D eigenvalue weighted by molar-refractivity contribution is 9.10. The monoisotopic (exact) mass is 648 g/mol. The van der Waals surface area contributed by atoms with E-state index in [2.05, 4.69) is 41.9 Å². The minimum atomic E-state index is -0.464. The summed E-state index contributed by atoms with van der Waals surface area (Å²) in [5, 5.41) is 15.9. The van der Waals surface area contributed by atoms with Crippen LogP contribution in [0.2, 0.25) is 5.02 Å². The van der Waals surface area contributed by atoms with Gasteiger partial charge in [-0.3, -0.25) is 14.9 Å². The van der Waals surface area contributed by atoms with E-state index in [9.17, 15) is 14.9 Å². The maximum absolute atomic E-state index is 13.0. The molecule has 1 aromatic heterocycles. The Morgan fingerprint density at radius 2 is 1.89 bits per heavy atom. The van der Waals surface area contributed by atoms with Crippen molar-refractivity contribution in [2.24, 2.45) is 5.10 Å². The van der Waals surface area contributed by atoms with Gasteiger partial charge >= 0.3 is 0 Å². The number of hydrogen-bond donors (Lipinski definition) is 0. The number of aromatic nitrogens is 2. The van der Waals surface area contributed by atoms with E-state index in [0.29, 0.717) is 44.9 Å². The first-order valence-electron chi connectivity index (χ1n) is 10.9. The van der Waals surface area contributed by atoms with Gasteiger partial charge in [0.15, 0.2) is 11.5 Å². The third-order valence-corrected chi connectivity index (χ3v) is 7.21. The van der Waals surface area contributed by atoms with Gasteiger partial charge in [0.1, 0.15) is 17.5 Å². The third-order valence-electron chi connectivity index (χ3n) is 5.27. The van der Waals surface area contributed by atoms with Crippen LogP contribution < -0.4 is 15.0 Å². The first-order chi connectivity index (χ1) is 17.7. The molecule has 0 spiro atoms. The summed E-state index contributed by atoms with van der Waals surface area (Å²) < 4.78 is 14.2. The van der Waals surface area contributed by atoms with Crippen LogP contribution in [0.3, 0.4) is 0 Å². The van der Waals surface area contributed by atoms with E-state index >= 15 is 0 Å². The molecule has 1 heterocycles. The van der Waals surface area contributed by atoms with Crippen molar-refractivity contribution in [3.05, 3.63) is 99.9 Å². The van der Waals surface area contributed by atoms with E-state index in [4.69, 9.17) is 21.1 Å². The van der Waals surface area contributed by atoms with Crippen LogP contribution in [-0.4, -0.2) is 27.4 Å². The second kappa shape index (κ2) is 11.4. The average molecular weight is 651 g/mol. The van der Waals surface area contributed by atoms with Crippen LogP contribution in [0.5, 0.6) is 11.5 Å². The Hall–Kier alpha value is -3.28. The second-order valence-electron chi connectivity index (χ2n) is 7.75. The Morgan fingerprint density at radius 3 is 2.57 bits per heavy atom. The maximum atomic E-state index is 13.0. The molecule has 4 aromatic rings. The Morgan fingerprint density at radius 1 is 1.16 bits per heavy atom. The van der Waals surface area contributed by atoms with E-state index in [-0.39, 0.29) is 22.9 Å². The number of aryl methyl sites for hydroxylation is 1. The number of nitrogens with zero attached hydrogens (tertiary/aromatic N) is 4. The Labute approximate surface area is 233 Å². The lowest BCUT2D eigenvalue weighted by atomic mass is 10.2. The number of ether oxygens (including phenoxy) is 2. The van der Waals surface area contributed by atoms with Gasteiger partial charge in [-0.05, 0) is 71.7 Å². The molecule has 0 aliphatic carbocycles. The molecule has 12 heteroatoms. The Kier molecular flexibility index (Phi) is 8.25. The molecule has 0 aliphatic heterocycles. The zero-order chi connectivity index (χ0) is 26.7. The molecule has 0 aliphatic rings. The summed E-state index contributed by atoms with van der Waals surface area (Å²) in [7, 11) is 0. The number of halogens is 3. The fraction of sp³-hybridized carbons (Fsp3) is 0.160. The zero-order valence-corrected chi connectivity index (χ0v) is 23.5. The SMILES string of the molecule is CCOc1cc(C=Nn2c(C)nc3ccc(Br)cc3c2=O)c(Br)c(Cl)c1OCc1ccc([N+](=O)[O-])cc1. The largest absolute Gasteiger partial charge is 0.490 e. The van der Waals surface area contributed by atoms with Gasteiger partial charge in [-0.2, -0.15) is 9.78 Å². The van der Waals surface area contributed by atoms with Gasteiger partial charge in [-0.15, -0.1) is 0 Å². The molecule has 0 saturated carbocycles. The van der Waals surface area contributed by atoms with Gasteiger partial charge in [-0.25, -0.2) is 4.98 Å². The van der Waals surface area contributed by atoms with Crippen LogP contribution in [0.4, 0.5) is 5.69 Å². The zero-order valence-electron chi connectivity index (χ0n) is 19.6. The number of rotatable bonds is 8. The highest BCUT2D eigenvalue weighted by Gasteiger charge is 2.18. The summed E-state index contributed by atoms with van der Waals surface area (Å²) in [6.07, 6.45) is 1.48. The maximum Gasteiger partial charge on any atom is 0.282 e. The van der Waals surface area contributed by atoms with E-state index in [1.54, 1.807) is 37.3 Å². The van der Waals surface area contributed by atoms with Gasteiger partial charge in [0.05, 0.1) is 28.6 Å². The van der Waals surface area contributed by atoms with Gasteiger partial charge in [0, 0.05) is 26.6 Å². The van der Waals surface area contributed by atoms with Crippen LogP contribution in [0, 0.1) is 17.0 Å². The molecule has 37 heavy (non-hydrogen) atoms. The summed E-state index contributed by atoms with van der Waals surface area (Å²) >= 11 is 13.5. The fourth-order valence-electron chi connectivity index (χ4n) is 3.48. The summed E-state index contributed by atoms with van der Waals surface area (Å²) in [4.78, 5) is 27.9. The second-order valence-corrected chi connectivity index (χ2v) is 9.83. The van der Waals surface area contributed by atoms with Crippen molar-refractivity contribution in [1.29, 1.82) is 0 Å². The Bertz CT molecular complexity index is 1590. The van der Waals surface area contributed by atoms with E-state index in [0.717, 1.165) is 10.0 Å². The molecule has 3 aromatic carbocycles. The molecule has 9 nitrogen and oxygen atoms in total. The number of hydrogen-bond acceptors (Lipinski definition) is 7. The van der Waals surface area contributed by atoms with Crippen molar-refractivity contribution in [2.75, 3.05) is 6.61 Å². The summed E-state index contributed by atoms with van der Waals surface area (Å²) in [5.41, 5.74) is 1.53. The highest BCUT2D eigenvalue weighted by Crippen LogP contribution is 2.42. The summed E-state index contributed by atoms with van der Waals surface area (Å²) in [5.74, 6) is 1.10. The van der Waals surface area contributed by atoms with Crippen molar-refractivity contribution < 1.29 is 14.4 Å². The summed E-state index contributed by atoms with van der Waals surface area (Å²) in [6.45, 7) is 3.99. The molecule has 0 amide bonds. The smallest absolute Gasteiger partial charge is 0.282 e. The first-order valence-corrected chi connectivity index (χ1v) is 12.9. The molecular weight excluding hydrogens is 632 g/mol. The lowest BCUT2D eigenvalue weighted by molar-refractivity contribution is -0.384. The Balaban J connectivity index is 1.67. The normalized spacial score (nSPS) is 11.3. The van der Waals surface area contributed by atoms with Crippen molar-refractivity contribution in [3.8, 4) is 11.5 Å². The molecule has 0 unspecified atom stereocenters. The molecule has 0 N–H and O–H groups in total. The first kappa shape index (κ1) is 26.8.